The molecule has 114 valence electrons. The molecule has 3 rings (SSSR count). The molecule has 3 heteroatoms. The van der Waals surface area contributed by atoms with Crippen LogP contribution in [0.5, 0.6) is 0 Å². The first-order valence-corrected chi connectivity index (χ1v) is 7.83. The number of hydrogen-bond donors (Lipinski definition) is 2. The average molecular weight is 294 g/mol. The quantitative estimate of drug-likeness (QED) is 0.910. The van der Waals surface area contributed by atoms with Crippen molar-refractivity contribution in [3.63, 3.8) is 0 Å². The summed E-state index contributed by atoms with van der Waals surface area (Å²) < 4.78 is 0. The third-order valence-electron chi connectivity index (χ3n) is 4.37. The highest BCUT2D eigenvalue weighted by atomic mass is 16.1. The number of nitrogens with one attached hydrogen (secondary N) is 2. The Hall–Kier alpha value is -2.13. The zero-order chi connectivity index (χ0) is 15.4. The number of aryl methyl sites for hydroxylation is 1. The topological polar surface area (TPSA) is 41.1 Å². The van der Waals surface area contributed by atoms with Crippen LogP contribution < -0.4 is 10.6 Å². The van der Waals surface area contributed by atoms with Crippen LogP contribution in [0.4, 0.5) is 0 Å². The van der Waals surface area contributed by atoms with Crippen LogP contribution in [0.1, 0.15) is 22.6 Å². The molecule has 0 aromatic heterocycles. The lowest BCUT2D eigenvalue weighted by Gasteiger charge is -2.19. The van der Waals surface area contributed by atoms with Gasteiger partial charge < -0.3 is 10.6 Å². The van der Waals surface area contributed by atoms with E-state index in [9.17, 15) is 4.79 Å². The Morgan fingerprint density at radius 1 is 1.09 bits per heavy atom. The molecule has 2 atom stereocenters. The first kappa shape index (κ1) is 14.8. The van der Waals surface area contributed by atoms with Gasteiger partial charge in [-0.05, 0) is 18.1 Å². The van der Waals surface area contributed by atoms with Gasteiger partial charge >= 0.3 is 0 Å². The highest BCUT2D eigenvalue weighted by Gasteiger charge is 2.33. The summed E-state index contributed by atoms with van der Waals surface area (Å²) in [7, 11) is 0. The highest BCUT2D eigenvalue weighted by Crippen LogP contribution is 2.28. The third-order valence-corrected chi connectivity index (χ3v) is 4.37. The largest absolute Gasteiger partial charge is 0.352 e. The Morgan fingerprint density at radius 2 is 1.82 bits per heavy atom. The van der Waals surface area contributed by atoms with E-state index >= 15 is 0 Å². The maximum atomic E-state index is 12.5. The number of carbonyl (C=O) groups is 1. The molecule has 1 fully saturated rings. The number of rotatable bonds is 4. The van der Waals surface area contributed by atoms with Gasteiger partial charge in [-0.2, -0.15) is 0 Å². The number of amides is 1. The van der Waals surface area contributed by atoms with Gasteiger partial charge in [0, 0.05) is 25.6 Å². The van der Waals surface area contributed by atoms with Gasteiger partial charge in [0.15, 0.2) is 0 Å². The molecule has 0 aliphatic carbocycles. The van der Waals surface area contributed by atoms with Crippen molar-refractivity contribution < 1.29 is 4.79 Å². The smallest absolute Gasteiger partial charge is 0.225 e. The van der Waals surface area contributed by atoms with E-state index in [2.05, 4.69) is 41.8 Å². The van der Waals surface area contributed by atoms with Crippen LogP contribution in [0.25, 0.3) is 0 Å². The van der Waals surface area contributed by atoms with Gasteiger partial charge in [-0.3, -0.25) is 4.79 Å². The maximum absolute atomic E-state index is 12.5. The van der Waals surface area contributed by atoms with Crippen LogP contribution in [-0.2, 0) is 11.3 Å². The van der Waals surface area contributed by atoms with Crippen molar-refractivity contribution in [3.05, 3.63) is 71.3 Å². The van der Waals surface area contributed by atoms with Crippen LogP contribution in [0.2, 0.25) is 0 Å². The van der Waals surface area contributed by atoms with E-state index in [-0.39, 0.29) is 17.7 Å². The summed E-state index contributed by atoms with van der Waals surface area (Å²) in [5, 5.41) is 6.43. The molecule has 2 aromatic carbocycles. The molecule has 0 bridgehead atoms. The van der Waals surface area contributed by atoms with Crippen molar-refractivity contribution in [2.24, 2.45) is 5.92 Å². The average Bonchev–Trinajstić information content (AvgIpc) is 3.04. The maximum Gasteiger partial charge on any atom is 0.225 e. The molecule has 0 spiro atoms. The van der Waals surface area contributed by atoms with E-state index in [0.29, 0.717) is 6.54 Å². The van der Waals surface area contributed by atoms with Crippen LogP contribution >= 0.6 is 0 Å². The third kappa shape index (κ3) is 3.37. The second kappa shape index (κ2) is 6.75. The Kier molecular flexibility index (Phi) is 4.54. The predicted octanol–water partition coefficient (Wildman–Crippen LogP) is 2.61. The minimum Gasteiger partial charge on any atom is -0.352 e. The lowest BCUT2D eigenvalue weighted by molar-refractivity contribution is -0.125. The summed E-state index contributed by atoms with van der Waals surface area (Å²) in [6.45, 7) is 4.29. The van der Waals surface area contributed by atoms with E-state index in [4.69, 9.17) is 0 Å². The SMILES string of the molecule is Cc1ccc(C2CNCC2C(=O)NCc2ccccc2)cc1. The molecule has 2 aromatic rings. The normalized spacial score (nSPS) is 20.8. The lowest BCUT2D eigenvalue weighted by atomic mass is 9.88. The van der Waals surface area contributed by atoms with Crippen molar-refractivity contribution >= 4 is 5.91 Å². The summed E-state index contributed by atoms with van der Waals surface area (Å²) in [6, 6.07) is 18.6. The molecule has 1 saturated heterocycles. The first-order chi connectivity index (χ1) is 10.7. The Labute approximate surface area is 131 Å². The van der Waals surface area contributed by atoms with Crippen LogP contribution in [-0.4, -0.2) is 19.0 Å². The molecule has 0 radical (unpaired) electrons. The van der Waals surface area contributed by atoms with Crippen LogP contribution in [0, 0.1) is 12.8 Å². The van der Waals surface area contributed by atoms with Gasteiger partial charge in [0.2, 0.25) is 5.91 Å². The summed E-state index contributed by atoms with van der Waals surface area (Å²) in [6.07, 6.45) is 0. The molecule has 2 unspecified atom stereocenters. The second-order valence-electron chi connectivity index (χ2n) is 5.99. The van der Waals surface area contributed by atoms with Gasteiger partial charge in [-0.15, -0.1) is 0 Å². The van der Waals surface area contributed by atoms with Crippen molar-refractivity contribution in [3.8, 4) is 0 Å². The van der Waals surface area contributed by atoms with Gasteiger partial charge in [-0.25, -0.2) is 0 Å². The van der Waals surface area contributed by atoms with E-state index in [1.807, 2.05) is 30.3 Å². The van der Waals surface area contributed by atoms with Gasteiger partial charge in [0.05, 0.1) is 5.92 Å². The Morgan fingerprint density at radius 3 is 2.55 bits per heavy atom. The van der Waals surface area contributed by atoms with Crippen molar-refractivity contribution in [1.29, 1.82) is 0 Å². The molecule has 1 heterocycles. The second-order valence-corrected chi connectivity index (χ2v) is 5.99. The molecule has 2 N–H and O–H groups in total. The standard InChI is InChI=1S/C19H22N2O/c1-14-7-9-16(10-8-14)17-12-20-13-18(17)19(22)21-11-15-5-3-2-4-6-15/h2-10,17-18,20H,11-13H2,1H3,(H,21,22). The fourth-order valence-corrected chi connectivity index (χ4v) is 3.03. The van der Waals surface area contributed by atoms with E-state index in [1.54, 1.807) is 0 Å². The number of carbonyl (C=O) groups excluding carboxylic acids is 1. The Balaban J connectivity index is 1.65. The first-order valence-electron chi connectivity index (χ1n) is 7.83. The summed E-state index contributed by atoms with van der Waals surface area (Å²) in [5.41, 5.74) is 3.63. The zero-order valence-corrected chi connectivity index (χ0v) is 12.9. The molecule has 1 aliphatic heterocycles. The molecule has 3 nitrogen and oxygen atoms in total. The number of hydrogen-bond acceptors (Lipinski definition) is 2. The van der Waals surface area contributed by atoms with Crippen molar-refractivity contribution in [2.75, 3.05) is 13.1 Å². The molecule has 0 saturated carbocycles. The Bertz CT molecular complexity index is 622. The summed E-state index contributed by atoms with van der Waals surface area (Å²) in [4.78, 5) is 12.5. The molecule has 1 aliphatic rings. The fraction of sp³-hybridized carbons (Fsp3) is 0.316. The van der Waals surface area contributed by atoms with Crippen LogP contribution in [0.3, 0.4) is 0 Å². The molecule has 22 heavy (non-hydrogen) atoms. The molecule has 1 amide bonds. The van der Waals surface area contributed by atoms with Crippen LogP contribution in [0.15, 0.2) is 54.6 Å². The highest BCUT2D eigenvalue weighted by molar-refractivity contribution is 5.80. The van der Waals surface area contributed by atoms with Gasteiger partial charge in [-0.1, -0.05) is 60.2 Å². The molecular formula is C19H22N2O. The summed E-state index contributed by atoms with van der Waals surface area (Å²) >= 11 is 0. The van der Waals surface area contributed by atoms with E-state index in [0.717, 1.165) is 18.7 Å². The van der Waals surface area contributed by atoms with Gasteiger partial charge in [0.1, 0.15) is 0 Å². The lowest BCUT2D eigenvalue weighted by Crippen LogP contribution is -2.34. The fourth-order valence-electron chi connectivity index (χ4n) is 3.03. The number of benzene rings is 2. The molecular weight excluding hydrogens is 272 g/mol. The minimum absolute atomic E-state index is 0.00594. The minimum atomic E-state index is 0.00594. The summed E-state index contributed by atoms with van der Waals surface area (Å²) in [5.74, 6) is 0.405. The predicted molar refractivity (Wildman–Crippen MR) is 88.6 cm³/mol. The zero-order valence-electron chi connectivity index (χ0n) is 12.9. The van der Waals surface area contributed by atoms with E-state index in [1.165, 1.54) is 11.1 Å². The van der Waals surface area contributed by atoms with Crippen molar-refractivity contribution in [1.82, 2.24) is 10.6 Å². The monoisotopic (exact) mass is 294 g/mol. The van der Waals surface area contributed by atoms with Gasteiger partial charge in [0.25, 0.3) is 0 Å². The van der Waals surface area contributed by atoms with Crippen molar-refractivity contribution in [2.45, 2.75) is 19.4 Å². The van der Waals surface area contributed by atoms with E-state index < -0.39 is 0 Å².